The molecule has 1 atom stereocenters. The van der Waals surface area contributed by atoms with Gasteiger partial charge in [0, 0.05) is 25.4 Å². The summed E-state index contributed by atoms with van der Waals surface area (Å²) in [5.74, 6) is 0.362. The molecule has 0 amide bonds. The molecule has 0 fully saturated rings. The van der Waals surface area contributed by atoms with Crippen molar-refractivity contribution in [3.8, 4) is 0 Å². The molecular weight excluding hydrogens is 140 g/mol. The predicted octanol–water partition coefficient (Wildman–Crippen LogP) is 1.13. The quantitative estimate of drug-likeness (QED) is 0.647. The van der Waals surface area contributed by atoms with Crippen molar-refractivity contribution in [3.05, 3.63) is 12.4 Å². The summed E-state index contributed by atoms with van der Waals surface area (Å²) in [7, 11) is 1.68. The molecule has 0 aliphatic carbocycles. The van der Waals surface area contributed by atoms with E-state index in [0.717, 1.165) is 0 Å². The van der Waals surface area contributed by atoms with Crippen LogP contribution in [-0.2, 0) is 4.74 Å². The lowest BCUT2D eigenvalue weighted by Gasteiger charge is -2.33. The van der Waals surface area contributed by atoms with E-state index in [2.05, 4.69) is 24.2 Å². The van der Waals surface area contributed by atoms with E-state index in [1.807, 2.05) is 0 Å². The van der Waals surface area contributed by atoms with Crippen molar-refractivity contribution in [3.63, 3.8) is 0 Å². The van der Waals surface area contributed by atoms with Crippen molar-refractivity contribution < 1.29 is 4.74 Å². The van der Waals surface area contributed by atoms with E-state index in [0.29, 0.717) is 5.92 Å². The molecule has 0 bridgehead atoms. The van der Waals surface area contributed by atoms with Gasteiger partial charge in [-0.25, -0.2) is 0 Å². The second kappa shape index (κ2) is 3.05. The number of aliphatic imine (C=N–C) groups is 1. The van der Waals surface area contributed by atoms with Crippen LogP contribution >= 0.6 is 0 Å². The minimum absolute atomic E-state index is 0.362. The van der Waals surface area contributed by atoms with Gasteiger partial charge in [0.05, 0.1) is 6.21 Å². The molecule has 11 heavy (non-hydrogen) atoms. The van der Waals surface area contributed by atoms with Crippen LogP contribution in [0.5, 0.6) is 0 Å². The first-order valence-electron chi connectivity index (χ1n) is 3.73. The molecule has 0 aromatic rings. The van der Waals surface area contributed by atoms with E-state index >= 15 is 0 Å². The number of rotatable bonds is 2. The van der Waals surface area contributed by atoms with Crippen molar-refractivity contribution in [2.75, 3.05) is 7.11 Å². The Hall–Kier alpha value is -0.830. The summed E-state index contributed by atoms with van der Waals surface area (Å²) < 4.78 is 5.33. The smallest absolute Gasteiger partial charge is 0.176 e. The second-order valence-corrected chi connectivity index (χ2v) is 2.89. The van der Waals surface area contributed by atoms with Crippen LogP contribution in [-0.4, -0.2) is 19.0 Å². The molecule has 1 aliphatic heterocycles. The predicted molar refractivity (Wildman–Crippen MR) is 45.3 cm³/mol. The Bertz CT molecular complexity index is 187. The highest BCUT2D eigenvalue weighted by Crippen LogP contribution is 2.17. The van der Waals surface area contributed by atoms with Crippen molar-refractivity contribution in [1.82, 2.24) is 5.32 Å². The molecule has 1 unspecified atom stereocenters. The Labute approximate surface area is 67.2 Å². The summed E-state index contributed by atoms with van der Waals surface area (Å²) in [4.78, 5) is 4.03. The maximum absolute atomic E-state index is 5.33. The van der Waals surface area contributed by atoms with Crippen LogP contribution in [0.3, 0.4) is 0 Å². The number of nitrogens with one attached hydrogen (secondary N) is 1. The molecular formula is C8H14N2O. The normalized spacial score (nSPS) is 29.1. The number of methoxy groups -OCH3 is 1. The number of hydrogen-bond acceptors (Lipinski definition) is 3. The molecule has 62 valence electrons. The highest BCUT2D eigenvalue weighted by atomic mass is 16.5. The Morgan fingerprint density at radius 1 is 1.55 bits per heavy atom. The zero-order valence-corrected chi connectivity index (χ0v) is 7.16. The lowest BCUT2D eigenvalue weighted by Crippen LogP contribution is -2.51. The molecule has 1 N–H and O–H groups in total. The molecule has 1 rings (SSSR count). The average Bonchev–Trinajstić information content (AvgIpc) is 2.05. The van der Waals surface area contributed by atoms with Gasteiger partial charge in [-0.1, -0.05) is 13.8 Å². The SMILES string of the molecule is COC1(C(C)C)C=NC=CN1. The minimum Gasteiger partial charge on any atom is -0.358 e. The summed E-state index contributed by atoms with van der Waals surface area (Å²) in [5, 5.41) is 3.13. The lowest BCUT2D eigenvalue weighted by molar-refractivity contribution is -0.00247. The third-order valence-electron chi connectivity index (χ3n) is 1.93. The number of hydrogen-bond donors (Lipinski definition) is 1. The van der Waals surface area contributed by atoms with E-state index in [1.54, 1.807) is 25.7 Å². The van der Waals surface area contributed by atoms with Crippen molar-refractivity contribution >= 4 is 6.21 Å². The number of ether oxygens (including phenoxy) is 1. The summed E-state index contributed by atoms with van der Waals surface area (Å²) in [5.41, 5.74) is -0.408. The zero-order valence-electron chi connectivity index (χ0n) is 7.16. The third kappa shape index (κ3) is 1.43. The third-order valence-corrected chi connectivity index (χ3v) is 1.93. The molecule has 0 aromatic carbocycles. The maximum Gasteiger partial charge on any atom is 0.176 e. The molecule has 0 radical (unpaired) electrons. The fraction of sp³-hybridized carbons (Fsp3) is 0.625. The first kappa shape index (κ1) is 8.27. The summed E-state index contributed by atoms with van der Waals surface area (Å²) >= 11 is 0. The topological polar surface area (TPSA) is 33.6 Å². The molecule has 3 heteroatoms. The van der Waals surface area contributed by atoms with E-state index in [1.165, 1.54) is 0 Å². The van der Waals surface area contributed by atoms with Gasteiger partial charge in [-0.05, 0) is 0 Å². The van der Waals surface area contributed by atoms with Crippen LogP contribution < -0.4 is 5.32 Å². The van der Waals surface area contributed by atoms with Gasteiger partial charge in [0.2, 0.25) is 0 Å². The van der Waals surface area contributed by atoms with Gasteiger partial charge in [-0.3, -0.25) is 4.99 Å². The van der Waals surface area contributed by atoms with Crippen LogP contribution in [0.25, 0.3) is 0 Å². The molecule has 0 saturated heterocycles. The molecule has 0 spiro atoms. The first-order chi connectivity index (χ1) is 5.21. The van der Waals surface area contributed by atoms with Gasteiger partial charge >= 0.3 is 0 Å². The minimum atomic E-state index is -0.408. The fourth-order valence-electron chi connectivity index (χ4n) is 1.06. The van der Waals surface area contributed by atoms with E-state index < -0.39 is 5.72 Å². The second-order valence-electron chi connectivity index (χ2n) is 2.89. The highest BCUT2D eigenvalue weighted by Gasteiger charge is 2.31. The van der Waals surface area contributed by atoms with Crippen molar-refractivity contribution in [2.45, 2.75) is 19.6 Å². The first-order valence-corrected chi connectivity index (χ1v) is 3.73. The molecule has 3 nitrogen and oxygen atoms in total. The van der Waals surface area contributed by atoms with Crippen LogP contribution in [0.1, 0.15) is 13.8 Å². The van der Waals surface area contributed by atoms with Crippen molar-refractivity contribution in [1.29, 1.82) is 0 Å². The Morgan fingerprint density at radius 2 is 2.27 bits per heavy atom. The largest absolute Gasteiger partial charge is 0.358 e. The van der Waals surface area contributed by atoms with Gasteiger partial charge < -0.3 is 10.1 Å². The van der Waals surface area contributed by atoms with Gasteiger partial charge in [0.25, 0.3) is 0 Å². The molecule has 1 aliphatic rings. The number of nitrogens with zero attached hydrogens (tertiary/aromatic N) is 1. The fourth-order valence-corrected chi connectivity index (χ4v) is 1.06. The Balaban J connectivity index is 2.77. The molecule has 0 saturated carbocycles. The summed E-state index contributed by atoms with van der Waals surface area (Å²) in [6.45, 7) is 4.17. The van der Waals surface area contributed by atoms with Crippen molar-refractivity contribution in [2.24, 2.45) is 10.9 Å². The molecule has 0 aromatic heterocycles. The monoisotopic (exact) mass is 154 g/mol. The van der Waals surface area contributed by atoms with E-state index in [4.69, 9.17) is 4.74 Å². The van der Waals surface area contributed by atoms with E-state index in [9.17, 15) is 0 Å². The Morgan fingerprint density at radius 3 is 2.55 bits per heavy atom. The maximum atomic E-state index is 5.33. The van der Waals surface area contributed by atoms with Crippen LogP contribution in [0, 0.1) is 5.92 Å². The highest BCUT2D eigenvalue weighted by molar-refractivity contribution is 5.70. The van der Waals surface area contributed by atoms with Crippen LogP contribution in [0.15, 0.2) is 17.4 Å². The van der Waals surface area contributed by atoms with E-state index in [-0.39, 0.29) is 0 Å². The Kier molecular flexibility index (Phi) is 2.29. The van der Waals surface area contributed by atoms with Gasteiger partial charge in [-0.15, -0.1) is 0 Å². The zero-order chi connectivity index (χ0) is 8.32. The lowest BCUT2D eigenvalue weighted by atomic mass is 10.0. The van der Waals surface area contributed by atoms with Gasteiger partial charge in [-0.2, -0.15) is 0 Å². The summed E-state index contributed by atoms with van der Waals surface area (Å²) in [6, 6.07) is 0. The van der Waals surface area contributed by atoms with Crippen LogP contribution in [0.4, 0.5) is 0 Å². The standard InChI is InChI=1S/C8H14N2O/c1-7(2)8(11-3)6-9-4-5-10-8/h4-7,10H,1-3H3. The van der Waals surface area contributed by atoms with Gasteiger partial charge in [0.15, 0.2) is 5.72 Å². The average molecular weight is 154 g/mol. The summed E-state index contributed by atoms with van der Waals surface area (Å²) in [6.07, 6.45) is 5.29. The van der Waals surface area contributed by atoms with Gasteiger partial charge in [0.1, 0.15) is 0 Å². The van der Waals surface area contributed by atoms with Crippen LogP contribution in [0.2, 0.25) is 0 Å². The molecule has 1 heterocycles.